The molecule has 0 N–H and O–H groups in total. The fourth-order valence-corrected chi connectivity index (χ4v) is 2.01. The average Bonchev–Trinajstić information content (AvgIpc) is 2.96. The van der Waals surface area contributed by atoms with E-state index in [0.717, 1.165) is 12.1 Å². The fourth-order valence-electron chi connectivity index (χ4n) is 2.01. The number of carbonyl (C=O) groups is 1. The van der Waals surface area contributed by atoms with Crippen LogP contribution in [0.1, 0.15) is 31.9 Å². The second kappa shape index (κ2) is 6.59. The molecule has 0 radical (unpaired) electrons. The lowest BCUT2D eigenvalue weighted by Gasteiger charge is -2.28. The van der Waals surface area contributed by atoms with E-state index in [4.69, 9.17) is 4.74 Å². The van der Waals surface area contributed by atoms with E-state index in [1.54, 1.807) is 45.3 Å². The standard InChI is InChI=1S/C17H19F3N2O2/c1-16(2,3)24-15(23)22(21-10-4-5-11-21)12-13-6-8-14(9-7-13)17(18,19)20/h4-11H,12H2,1-3H3. The molecule has 7 heteroatoms. The second-order valence-corrected chi connectivity index (χ2v) is 6.30. The minimum Gasteiger partial charge on any atom is -0.442 e. The first-order valence-corrected chi connectivity index (χ1v) is 7.36. The number of benzene rings is 1. The van der Waals surface area contributed by atoms with Gasteiger partial charge in [0, 0.05) is 12.4 Å². The summed E-state index contributed by atoms with van der Waals surface area (Å²) in [5, 5.41) is 1.31. The van der Waals surface area contributed by atoms with Crippen LogP contribution >= 0.6 is 0 Å². The fraction of sp³-hybridized carbons (Fsp3) is 0.353. The van der Waals surface area contributed by atoms with Crippen molar-refractivity contribution in [3.8, 4) is 0 Å². The molecular weight excluding hydrogens is 321 g/mol. The van der Waals surface area contributed by atoms with E-state index >= 15 is 0 Å². The first kappa shape index (κ1) is 17.9. The number of aromatic nitrogens is 1. The lowest BCUT2D eigenvalue weighted by Crippen LogP contribution is -2.42. The van der Waals surface area contributed by atoms with Crippen LogP contribution in [0.15, 0.2) is 48.8 Å². The zero-order valence-corrected chi connectivity index (χ0v) is 13.7. The number of carbonyl (C=O) groups excluding carboxylic acids is 1. The Bertz CT molecular complexity index is 671. The van der Waals surface area contributed by atoms with Gasteiger partial charge in [0.1, 0.15) is 5.60 Å². The highest BCUT2D eigenvalue weighted by atomic mass is 19.4. The van der Waals surface area contributed by atoms with Gasteiger partial charge in [-0.1, -0.05) is 12.1 Å². The van der Waals surface area contributed by atoms with Crippen LogP contribution in [-0.4, -0.2) is 16.4 Å². The van der Waals surface area contributed by atoms with Crippen LogP contribution in [0.3, 0.4) is 0 Å². The summed E-state index contributed by atoms with van der Waals surface area (Å²) in [5.41, 5.74) is -0.846. The van der Waals surface area contributed by atoms with Gasteiger partial charge in [0.25, 0.3) is 0 Å². The highest BCUT2D eigenvalue weighted by Crippen LogP contribution is 2.29. The van der Waals surface area contributed by atoms with Crippen LogP contribution in [0.2, 0.25) is 0 Å². The molecule has 1 aromatic heterocycles. The second-order valence-electron chi connectivity index (χ2n) is 6.30. The first-order chi connectivity index (χ1) is 11.1. The van der Waals surface area contributed by atoms with Crippen LogP contribution in [0.4, 0.5) is 18.0 Å². The van der Waals surface area contributed by atoms with Gasteiger partial charge in [-0.25, -0.2) is 9.80 Å². The Morgan fingerprint density at radius 1 is 1.08 bits per heavy atom. The summed E-state index contributed by atoms with van der Waals surface area (Å²) >= 11 is 0. The van der Waals surface area contributed by atoms with Crippen molar-refractivity contribution in [2.24, 2.45) is 0 Å². The van der Waals surface area contributed by atoms with E-state index < -0.39 is 23.4 Å². The number of hydrogen-bond acceptors (Lipinski definition) is 2. The molecule has 4 nitrogen and oxygen atoms in total. The molecule has 1 aromatic carbocycles. The molecular formula is C17H19F3N2O2. The van der Waals surface area contributed by atoms with Gasteiger partial charge < -0.3 is 4.74 Å². The number of alkyl halides is 3. The molecule has 24 heavy (non-hydrogen) atoms. The molecule has 0 bridgehead atoms. The van der Waals surface area contributed by atoms with Crippen molar-refractivity contribution in [1.82, 2.24) is 4.68 Å². The van der Waals surface area contributed by atoms with Crippen LogP contribution < -0.4 is 5.01 Å². The monoisotopic (exact) mass is 340 g/mol. The largest absolute Gasteiger partial charge is 0.442 e. The summed E-state index contributed by atoms with van der Waals surface area (Å²) in [6.45, 7) is 5.33. The molecule has 0 unspecified atom stereocenters. The summed E-state index contributed by atoms with van der Waals surface area (Å²) in [4.78, 5) is 12.4. The summed E-state index contributed by atoms with van der Waals surface area (Å²) < 4.78 is 44.8. The van der Waals surface area contributed by atoms with Crippen molar-refractivity contribution in [3.05, 3.63) is 59.9 Å². The molecule has 1 heterocycles. The normalized spacial score (nSPS) is 12.1. The Balaban J connectivity index is 2.21. The Hall–Kier alpha value is -2.44. The van der Waals surface area contributed by atoms with Crippen molar-refractivity contribution in [2.75, 3.05) is 5.01 Å². The van der Waals surface area contributed by atoms with E-state index in [1.807, 2.05) is 0 Å². The van der Waals surface area contributed by atoms with Crippen LogP contribution in [0.25, 0.3) is 0 Å². The smallest absolute Gasteiger partial charge is 0.429 e. The van der Waals surface area contributed by atoms with Crippen LogP contribution in [-0.2, 0) is 17.5 Å². The van der Waals surface area contributed by atoms with Crippen LogP contribution in [0.5, 0.6) is 0 Å². The minimum atomic E-state index is -4.39. The maximum Gasteiger partial charge on any atom is 0.429 e. The highest BCUT2D eigenvalue weighted by molar-refractivity contribution is 5.78. The molecule has 0 aliphatic heterocycles. The summed E-state index contributed by atoms with van der Waals surface area (Å²) in [7, 11) is 0. The molecule has 0 saturated carbocycles. The van der Waals surface area contributed by atoms with Crippen molar-refractivity contribution < 1.29 is 22.7 Å². The number of nitrogens with zero attached hydrogens (tertiary/aromatic N) is 2. The average molecular weight is 340 g/mol. The third-order valence-electron chi connectivity index (χ3n) is 3.09. The highest BCUT2D eigenvalue weighted by Gasteiger charge is 2.30. The zero-order valence-electron chi connectivity index (χ0n) is 13.7. The van der Waals surface area contributed by atoms with E-state index in [-0.39, 0.29) is 6.54 Å². The number of ether oxygens (including phenoxy) is 1. The first-order valence-electron chi connectivity index (χ1n) is 7.36. The Labute approximate surface area is 138 Å². The third-order valence-corrected chi connectivity index (χ3v) is 3.09. The van der Waals surface area contributed by atoms with Gasteiger partial charge in [0.15, 0.2) is 0 Å². The molecule has 0 fully saturated rings. The Morgan fingerprint density at radius 2 is 1.62 bits per heavy atom. The topological polar surface area (TPSA) is 34.5 Å². The lowest BCUT2D eigenvalue weighted by atomic mass is 10.1. The van der Waals surface area contributed by atoms with Gasteiger partial charge in [-0.15, -0.1) is 0 Å². The number of hydrogen-bond donors (Lipinski definition) is 0. The Morgan fingerprint density at radius 3 is 2.08 bits per heavy atom. The van der Waals surface area contributed by atoms with E-state index in [1.165, 1.54) is 21.8 Å². The van der Waals surface area contributed by atoms with Gasteiger partial charge in [0.2, 0.25) is 0 Å². The van der Waals surface area contributed by atoms with Crippen molar-refractivity contribution in [2.45, 2.75) is 39.1 Å². The predicted molar refractivity (Wildman–Crippen MR) is 84.0 cm³/mol. The molecule has 0 atom stereocenters. The summed E-state index contributed by atoms with van der Waals surface area (Å²) in [6, 6.07) is 8.18. The Kier molecular flexibility index (Phi) is 4.91. The van der Waals surface area contributed by atoms with E-state index in [9.17, 15) is 18.0 Å². The van der Waals surface area contributed by atoms with Gasteiger partial charge >= 0.3 is 12.3 Å². The molecule has 0 aliphatic rings. The molecule has 2 rings (SSSR count). The number of halogens is 3. The lowest BCUT2D eigenvalue weighted by molar-refractivity contribution is -0.137. The summed E-state index contributed by atoms with van der Waals surface area (Å²) in [5.74, 6) is 0. The number of amides is 1. The third kappa shape index (κ3) is 4.78. The molecule has 0 aliphatic carbocycles. The summed E-state index contributed by atoms with van der Waals surface area (Å²) in [6.07, 6.45) is -1.65. The van der Waals surface area contributed by atoms with Crippen molar-refractivity contribution >= 4 is 6.09 Å². The minimum absolute atomic E-state index is 0.0851. The van der Waals surface area contributed by atoms with Crippen molar-refractivity contribution in [3.63, 3.8) is 0 Å². The van der Waals surface area contributed by atoms with Crippen LogP contribution in [0, 0.1) is 0 Å². The van der Waals surface area contributed by atoms with Gasteiger partial charge in [0.05, 0.1) is 12.1 Å². The van der Waals surface area contributed by atoms with E-state index in [0.29, 0.717) is 5.56 Å². The van der Waals surface area contributed by atoms with Gasteiger partial charge in [-0.2, -0.15) is 13.2 Å². The number of rotatable bonds is 3. The van der Waals surface area contributed by atoms with Gasteiger partial charge in [-0.3, -0.25) is 4.68 Å². The maximum absolute atomic E-state index is 12.6. The molecule has 1 amide bonds. The molecule has 2 aromatic rings. The zero-order chi connectivity index (χ0) is 18.0. The molecule has 130 valence electrons. The predicted octanol–water partition coefficient (Wildman–Crippen LogP) is 4.58. The van der Waals surface area contributed by atoms with Gasteiger partial charge in [-0.05, 0) is 50.6 Å². The SMILES string of the molecule is CC(C)(C)OC(=O)N(Cc1ccc(C(F)(F)F)cc1)n1cccc1. The molecule has 0 saturated heterocycles. The maximum atomic E-state index is 12.6. The van der Waals surface area contributed by atoms with Crippen molar-refractivity contribution in [1.29, 1.82) is 0 Å². The quantitative estimate of drug-likeness (QED) is 0.820. The molecule has 0 spiro atoms. The van der Waals surface area contributed by atoms with E-state index in [2.05, 4.69) is 0 Å².